The van der Waals surface area contributed by atoms with Gasteiger partial charge in [-0.05, 0) is 38.1 Å². The van der Waals surface area contributed by atoms with Crippen LogP contribution < -0.4 is 4.90 Å². The summed E-state index contributed by atoms with van der Waals surface area (Å²) in [6, 6.07) is 13.4. The topological polar surface area (TPSA) is 63.0 Å². The smallest absolute Gasteiger partial charge is 0.375 e. The summed E-state index contributed by atoms with van der Waals surface area (Å²) in [6.07, 6.45) is -0.832. The molecule has 0 N–H and O–H groups in total. The van der Waals surface area contributed by atoms with Crippen LogP contribution >= 0.6 is 0 Å². The third-order valence-corrected chi connectivity index (χ3v) is 4.29. The van der Waals surface area contributed by atoms with Crippen molar-refractivity contribution >= 4 is 17.6 Å². The van der Waals surface area contributed by atoms with Gasteiger partial charge in [-0.2, -0.15) is 0 Å². The molecule has 0 bridgehead atoms. The van der Waals surface area contributed by atoms with Gasteiger partial charge in [0.1, 0.15) is 5.76 Å². The van der Waals surface area contributed by atoms with E-state index in [1.807, 2.05) is 18.2 Å². The molecule has 1 aliphatic rings. The summed E-state index contributed by atoms with van der Waals surface area (Å²) in [7, 11) is 0. The minimum atomic E-state index is -0.832. The summed E-state index contributed by atoms with van der Waals surface area (Å²) in [5.74, 6) is -0.0461. The Hall–Kier alpha value is -2.76. The average Bonchev–Trinajstić information content (AvgIpc) is 3.08. The molecule has 1 atom stereocenters. The fraction of sp³-hybridized carbons (Fsp3) is 0.368. The molecular weight excluding hydrogens is 320 g/mol. The number of furan rings is 1. The predicted molar refractivity (Wildman–Crippen MR) is 93.6 cm³/mol. The van der Waals surface area contributed by atoms with Gasteiger partial charge in [0.05, 0.1) is 0 Å². The van der Waals surface area contributed by atoms with Crippen molar-refractivity contribution in [2.24, 2.45) is 0 Å². The Morgan fingerprint density at radius 1 is 1.04 bits per heavy atom. The van der Waals surface area contributed by atoms with E-state index in [4.69, 9.17) is 9.15 Å². The second-order valence-electron chi connectivity index (χ2n) is 6.11. The van der Waals surface area contributed by atoms with Gasteiger partial charge < -0.3 is 19.0 Å². The Morgan fingerprint density at radius 3 is 2.32 bits per heavy atom. The monoisotopic (exact) mass is 342 g/mol. The molecule has 1 aromatic carbocycles. The number of carbonyl (C=O) groups is 2. The normalized spacial score (nSPS) is 15.8. The highest BCUT2D eigenvalue weighted by atomic mass is 16.6. The van der Waals surface area contributed by atoms with Crippen molar-refractivity contribution in [1.29, 1.82) is 0 Å². The highest BCUT2D eigenvalue weighted by Crippen LogP contribution is 2.16. The van der Waals surface area contributed by atoms with Crippen LogP contribution in [0.15, 0.2) is 46.9 Å². The minimum absolute atomic E-state index is 0.117. The molecule has 132 valence electrons. The quantitative estimate of drug-likeness (QED) is 0.799. The number of nitrogens with zero attached hydrogens (tertiary/aromatic N) is 2. The number of aryl methyl sites for hydroxylation is 1. The first kappa shape index (κ1) is 17.1. The Balaban J connectivity index is 1.52. The van der Waals surface area contributed by atoms with Crippen LogP contribution in [-0.2, 0) is 9.53 Å². The van der Waals surface area contributed by atoms with Gasteiger partial charge in [-0.1, -0.05) is 18.2 Å². The van der Waals surface area contributed by atoms with E-state index in [2.05, 4.69) is 17.0 Å². The van der Waals surface area contributed by atoms with Crippen LogP contribution in [0.2, 0.25) is 0 Å². The van der Waals surface area contributed by atoms with Gasteiger partial charge in [-0.15, -0.1) is 0 Å². The molecular formula is C19H22N2O4. The molecule has 1 aromatic heterocycles. The van der Waals surface area contributed by atoms with Gasteiger partial charge in [0.2, 0.25) is 5.76 Å². The molecule has 1 aliphatic heterocycles. The molecule has 6 heteroatoms. The third-order valence-electron chi connectivity index (χ3n) is 4.29. The number of para-hydroxylation sites is 1. The van der Waals surface area contributed by atoms with Gasteiger partial charge in [-0.3, -0.25) is 4.79 Å². The molecule has 2 aromatic rings. The number of amides is 1. The van der Waals surface area contributed by atoms with Crippen LogP contribution in [0.4, 0.5) is 5.69 Å². The summed E-state index contributed by atoms with van der Waals surface area (Å²) in [5, 5.41) is 0. The first-order valence-corrected chi connectivity index (χ1v) is 8.41. The average molecular weight is 342 g/mol. The van der Waals surface area contributed by atoms with E-state index in [-0.39, 0.29) is 11.7 Å². The SMILES string of the molecule is Cc1ccc(C(=O)OC(C)C(=O)N2CCN(c3ccccc3)CC2)o1. The summed E-state index contributed by atoms with van der Waals surface area (Å²) in [6.45, 7) is 6.07. The molecule has 0 radical (unpaired) electrons. The molecule has 0 saturated carbocycles. The van der Waals surface area contributed by atoms with Crippen molar-refractivity contribution in [3.8, 4) is 0 Å². The van der Waals surface area contributed by atoms with Gasteiger partial charge in [0, 0.05) is 31.9 Å². The second kappa shape index (κ2) is 7.42. The van der Waals surface area contributed by atoms with E-state index in [1.54, 1.807) is 30.9 Å². The van der Waals surface area contributed by atoms with Crippen molar-refractivity contribution in [3.63, 3.8) is 0 Å². The largest absolute Gasteiger partial charge is 0.454 e. The number of hydrogen-bond donors (Lipinski definition) is 0. The molecule has 0 aliphatic carbocycles. The van der Waals surface area contributed by atoms with Gasteiger partial charge >= 0.3 is 5.97 Å². The molecule has 25 heavy (non-hydrogen) atoms. The maximum absolute atomic E-state index is 12.5. The van der Waals surface area contributed by atoms with E-state index >= 15 is 0 Å². The molecule has 1 fully saturated rings. The molecule has 6 nitrogen and oxygen atoms in total. The van der Waals surface area contributed by atoms with Crippen LogP contribution in [0.3, 0.4) is 0 Å². The lowest BCUT2D eigenvalue weighted by Crippen LogP contribution is -2.51. The van der Waals surface area contributed by atoms with Crippen LogP contribution in [0.1, 0.15) is 23.2 Å². The van der Waals surface area contributed by atoms with Crippen LogP contribution in [-0.4, -0.2) is 49.1 Å². The van der Waals surface area contributed by atoms with Crippen molar-refractivity contribution in [1.82, 2.24) is 4.90 Å². The van der Waals surface area contributed by atoms with Crippen molar-refractivity contribution in [2.45, 2.75) is 20.0 Å². The lowest BCUT2D eigenvalue weighted by molar-refractivity contribution is -0.140. The maximum Gasteiger partial charge on any atom is 0.375 e. The molecule has 1 amide bonds. The fourth-order valence-electron chi connectivity index (χ4n) is 2.89. The first-order chi connectivity index (χ1) is 12.0. The highest BCUT2D eigenvalue weighted by Gasteiger charge is 2.28. The lowest BCUT2D eigenvalue weighted by atomic mass is 10.2. The standard InChI is InChI=1S/C19H22N2O4/c1-14-8-9-17(24-14)19(23)25-15(2)18(22)21-12-10-20(11-13-21)16-6-4-3-5-7-16/h3-9,15H,10-13H2,1-2H3. The van der Waals surface area contributed by atoms with E-state index in [9.17, 15) is 9.59 Å². The third kappa shape index (κ3) is 4.02. The van der Waals surface area contributed by atoms with Gasteiger partial charge in [0.15, 0.2) is 6.10 Å². The number of benzene rings is 1. The predicted octanol–water partition coefficient (Wildman–Crippen LogP) is 2.48. The minimum Gasteiger partial charge on any atom is -0.454 e. The molecule has 0 spiro atoms. The van der Waals surface area contributed by atoms with Crippen LogP contribution in [0.25, 0.3) is 0 Å². The number of esters is 1. The van der Waals surface area contributed by atoms with E-state index in [0.717, 1.165) is 18.8 Å². The number of ether oxygens (including phenoxy) is 1. The Morgan fingerprint density at radius 2 is 1.72 bits per heavy atom. The molecule has 1 saturated heterocycles. The highest BCUT2D eigenvalue weighted by molar-refractivity contribution is 5.90. The maximum atomic E-state index is 12.5. The zero-order chi connectivity index (χ0) is 17.8. The molecule has 2 heterocycles. The lowest BCUT2D eigenvalue weighted by Gasteiger charge is -2.36. The number of piperazine rings is 1. The van der Waals surface area contributed by atoms with E-state index < -0.39 is 12.1 Å². The number of carbonyl (C=O) groups excluding carboxylic acids is 2. The zero-order valence-electron chi connectivity index (χ0n) is 14.5. The molecule has 1 unspecified atom stereocenters. The Kier molecular flexibility index (Phi) is 5.07. The first-order valence-electron chi connectivity index (χ1n) is 8.41. The molecule has 3 rings (SSSR count). The second-order valence-corrected chi connectivity index (χ2v) is 6.11. The van der Waals surface area contributed by atoms with Crippen LogP contribution in [0.5, 0.6) is 0 Å². The fourth-order valence-corrected chi connectivity index (χ4v) is 2.89. The van der Waals surface area contributed by atoms with E-state index in [0.29, 0.717) is 18.8 Å². The van der Waals surface area contributed by atoms with Crippen molar-refractivity contribution in [2.75, 3.05) is 31.1 Å². The summed E-state index contributed by atoms with van der Waals surface area (Å²) < 4.78 is 10.5. The van der Waals surface area contributed by atoms with E-state index in [1.165, 1.54) is 0 Å². The van der Waals surface area contributed by atoms with Gasteiger partial charge in [-0.25, -0.2) is 4.79 Å². The van der Waals surface area contributed by atoms with Gasteiger partial charge in [0.25, 0.3) is 5.91 Å². The van der Waals surface area contributed by atoms with Crippen LogP contribution in [0, 0.1) is 6.92 Å². The summed E-state index contributed by atoms with van der Waals surface area (Å²) in [5.41, 5.74) is 1.15. The number of anilines is 1. The van der Waals surface area contributed by atoms with Crippen molar-refractivity contribution in [3.05, 3.63) is 54.0 Å². The van der Waals surface area contributed by atoms with Crippen molar-refractivity contribution < 1.29 is 18.7 Å². The summed E-state index contributed by atoms with van der Waals surface area (Å²) >= 11 is 0. The summed E-state index contributed by atoms with van der Waals surface area (Å²) in [4.78, 5) is 28.5. The Bertz CT molecular complexity index is 733. The zero-order valence-corrected chi connectivity index (χ0v) is 14.5. The Labute approximate surface area is 147 Å². The number of rotatable bonds is 4. The number of hydrogen-bond acceptors (Lipinski definition) is 5.